The molecule has 6 heteroatoms. The van der Waals surface area contributed by atoms with Crippen molar-refractivity contribution in [2.75, 3.05) is 6.54 Å². The minimum atomic E-state index is -0.157. The molecule has 3 aromatic rings. The minimum absolute atomic E-state index is 0.118. The van der Waals surface area contributed by atoms with E-state index in [4.69, 9.17) is 12.2 Å². The number of hydrogen-bond donors (Lipinski definition) is 1. The summed E-state index contributed by atoms with van der Waals surface area (Å²) < 4.78 is 16.6. The van der Waals surface area contributed by atoms with E-state index in [1.54, 1.807) is 6.07 Å². The number of para-hydroxylation sites is 1. The number of halogens is 1. The fourth-order valence-electron chi connectivity index (χ4n) is 3.51. The topological polar surface area (TPSA) is 36.9 Å². The molecular weight excluding hydrogens is 335 g/mol. The van der Waals surface area contributed by atoms with Crippen molar-refractivity contribution in [3.8, 4) is 5.69 Å². The molecule has 0 amide bonds. The van der Waals surface area contributed by atoms with Crippen molar-refractivity contribution in [3.05, 3.63) is 76.6 Å². The van der Waals surface area contributed by atoms with E-state index >= 15 is 0 Å². The van der Waals surface area contributed by atoms with Crippen LogP contribution < -0.4 is 0 Å². The normalized spacial score (nSPS) is 17.9. The van der Waals surface area contributed by atoms with Crippen molar-refractivity contribution in [2.24, 2.45) is 0 Å². The summed E-state index contributed by atoms with van der Waals surface area (Å²) in [6, 6.07) is 17.1. The van der Waals surface area contributed by atoms with E-state index in [-0.39, 0.29) is 11.9 Å². The summed E-state index contributed by atoms with van der Waals surface area (Å²) in [6.45, 7) is 1.50. The van der Waals surface area contributed by atoms with Crippen LogP contribution in [0, 0.1) is 10.6 Å². The van der Waals surface area contributed by atoms with Crippen LogP contribution in [0.4, 0.5) is 4.39 Å². The molecule has 1 N–H and O–H groups in total. The van der Waals surface area contributed by atoms with Gasteiger partial charge in [-0.2, -0.15) is 5.10 Å². The van der Waals surface area contributed by atoms with Crippen molar-refractivity contribution in [1.82, 2.24) is 19.7 Å². The molecule has 1 fully saturated rings. The largest absolute Gasteiger partial charge is 0.289 e. The van der Waals surface area contributed by atoms with Crippen LogP contribution in [0.25, 0.3) is 5.69 Å². The van der Waals surface area contributed by atoms with Gasteiger partial charge in [0.1, 0.15) is 5.82 Å². The number of aromatic nitrogens is 3. The second-order valence-electron chi connectivity index (χ2n) is 6.28. The predicted octanol–water partition coefficient (Wildman–Crippen LogP) is 4.41. The van der Waals surface area contributed by atoms with Gasteiger partial charge < -0.3 is 0 Å². The Morgan fingerprint density at radius 1 is 1.12 bits per heavy atom. The van der Waals surface area contributed by atoms with Crippen LogP contribution in [0.15, 0.2) is 54.6 Å². The van der Waals surface area contributed by atoms with E-state index in [1.807, 2.05) is 47.0 Å². The highest BCUT2D eigenvalue weighted by Gasteiger charge is 2.31. The van der Waals surface area contributed by atoms with Gasteiger partial charge in [0.2, 0.25) is 0 Å². The second kappa shape index (κ2) is 6.90. The molecule has 4 rings (SSSR count). The first-order chi connectivity index (χ1) is 12.2. The van der Waals surface area contributed by atoms with Crippen molar-refractivity contribution in [1.29, 1.82) is 0 Å². The first-order valence-corrected chi connectivity index (χ1v) is 8.85. The second-order valence-corrected chi connectivity index (χ2v) is 6.66. The van der Waals surface area contributed by atoms with E-state index in [0.29, 0.717) is 11.3 Å². The lowest BCUT2D eigenvalue weighted by atomic mass is 10.1. The summed E-state index contributed by atoms with van der Waals surface area (Å²) in [4.78, 5) is 2.28. The average Bonchev–Trinajstić information content (AvgIpc) is 3.24. The van der Waals surface area contributed by atoms with Crippen LogP contribution in [0.1, 0.15) is 30.3 Å². The Morgan fingerprint density at radius 2 is 1.88 bits per heavy atom. The molecule has 0 radical (unpaired) electrons. The first kappa shape index (κ1) is 16.2. The third-order valence-corrected chi connectivity index (χ3v) is 4.98. The zero-order chi connectivity index (χ0) is 17.2. The number of nitrogens with zero attached hydrogens (tertiary/aromatic N) is 3. The fraction of sp³-hybridized carbons (Fsp3) is 0.263. The van der Waals surface area contributed by atoms with Gasteiger partial charge in [0.05, 0.1) is 6.04 Å². The third kappa shape index (κ3) is 3.15. The molecule has 25 heavy (non-hydrogen) atoms. The van der Waals surface area contributed by atoms with Crippen LogP contribution >= 0.6 is 12.2 Å². The van der Waals surface area contributed by atoms with E-state index < -0.39 is 0 Å². The summed E-state index contributed by atoms with van der Waals surface area (Å²) in [7, 11) is 0. The maximum Gasteiger partial charge on any atom is 0.199 e. The van der Waals surface area contributed by atoms with Gasteiger partial charge in [0, 0.05) is 17.8 Å². The highest BCUT2D eigenvalue weighted by atomic mass is 32.1. The van der Waals surface area contributed by atoms with Crippen molar-refractivity contribution in [3.63, 3.8) is 0 Å². The van der Waals surface area contributed by atoms with Crippen molar-refractivity contribution in [2.45, 2.75) is 25.4 Å². The molecule has 0 saturated carbocycles. The molecular formula is C19H19FN4S. The number of H-pyrrole nitrogens is 1. The van der Waals surface area contributed by atoms with E-state index in [0.717, 1.165) is 36.5 Å². The Hall–Kier alpha value is -2.31. The van der Waals surface area contributed by atoms with Gasteiger partial charge in [-0.15, -0.1) is 0 Å². The number of aromatic amines is 1. The summed E-state index contributed by atoms with van der Waals surface area (Å²) in [5, 5.41) is 7.42. The maximum absolute atomic E-state index is 14.1. The molecule has 1 atom stereocenters. The molecule has 0 unspecified atom stereocenters. The zero-order valence-corrected chi connectivity index (χ0v) is 14.5. The highest BCUT2D eigenvalue weighted by Crippen LogP contribution is 2.33. The lowest BCUT2D eigenvalue weighted by molar-refractivity contribution is 0.234. The molecule has 0 aliphatic carbocycles. The van der Waals surface area contributed by atoms with Crippen LogP contribution in [0.3, 0.4) is 0 Å². The van der Waals surface area contributed by atoms with E-state index in [2.05, 4.69) is 15.1 Å². The van der Waals surface area contributed by atoms with Crippen LogP contribution in [-0.2, 0) is 6.54 Å². The molecule has 1 saturated heterocycles. The Labute approximate surface area is 150 Å². The van der Waals surface area contributed by atoms with Crippen LogP contribution in [-0.4, -0.2) is 26.2 Å². The predicted molar refractivity (Wildman–Crippen MR) is 97.5 cm³/mol. The minimum Gasteiger partial charge on any atom is -0.289 e. The Kier molecular flexibility index (Phi) is 4.46. The molecule has 1 aliphatic heterocycles. The smallest absolute Gasteiger partial charge is 0.199 e. The van der Waals surface area contributed by atoms with Gasteiger partial charge in [-0.3, -0.25) is 14.6 Å². The number of benzene rings is 2. The number of hydrogen-bond acceptors (Lipinski definition) is 3. The Balaban J connectivity index is 1.68. The lowest BCUT2D eigenvalue weighted by Gasteiger charge is -2.24. The maximum atomic E-state index is 14.1. The van der Waals surface area contributed by atoms with E-state index in [1.165, 1.54) is 6.07 Å². The molecule has 2 heterocycles. The monoisotopic (exact) mass is 354 g/mol. The van der Waals surface area contributed by atoms with Crippen molar-refractivity contribution < 1.29 is 4.39 Å². The summed E-state index contributed by atoms with van der Waals surface area (Å²) in [5.74, 6) is 0.736. The SMILES string of the molecule is Fc1ccccc1CN1CCC[C@H]1c1n[nH]c(=S)n1-c1ccccc1. The van der Waals surface area contributed by atoms with Crippen molar-refractivity contribution >= 4 is 12.2 Å². The molecule has 0 spiro atoms. The highest BCUT2D eigenvalue weighted by molar-refractivity contribution is 7.71. The summed E-state index contributed by atoms with van der Waals surface area (Å²) in [6.07, 6.45) is 2.05. The standard InChI is InChI=1S/C19H19FN4S/c20-16-10-5-4-7-14(16)13-23-12-6-11-17(23)18-21-22-19(25)24(18)15-8-2-1-3-9-15/h1-5,7-10,17H,6,11-13H2,(H,22,25)/t17-/m0/s1. The molecule has 1 aromatic heterocycles. The van der Waals surface area contributed by atoms with Gasteiger partial charge in [0.15, 0.2) is 10.6 Å². The Morgan fingerprint density at radius 3 is 2.68 bits per heavy atom. The summed E-state index contributed by atoms with van der Waals surface area (Å²) >= 11 is 5.45. The molecule has 0 bridgehead atoms. The first-order valence-electron chi connectivity index (χ1n) is 8.44. The van der Waals surface area contributed by atoms with E-state index in [9.17, 15) is 4.39 Å². The molecule has 1 aliphatic rings. The van der Waals surface area contributed by atoms with Crippen LogP contribution in [0.5, 0.6) is 0 Å². The van der Waals surface area contributed by atoms with Gasteiger partial charge in [-0.1, -0.05) is 36.4 Å². The lowest BCUT2D eigenvalue weighted by Crippen LogP contribution is -2.25. The third-order valence-electron chi connectivity index (χ3n) is 4.71. The van der Waals surface area contributed by atoms with Gasteiger partial charge in [-0.25, -0.2) is 4.39 Å². The number of nitrogens with one attached hydrogen (secondary N) is 1. The fourth-order valence-corrected chi connectivity index (χ4v) is 3.76. The summed E-state index contributed by atoms with van der Waals surface area (Å²) in [5.41, 5.74) is 1.71. The molecule has 4 nitrogen and oxygen atoms in total. The van der Waals surface area contributed by atoms with Crippen LogP contribution in [0.2, 0.25) is 0 Å². The molecule has 128 valence electrons. The quantitative estimate of drug-likeness (QED) is 0.705. The number of likely N-dealkylation sites (tertiary alicyclic amines) is 1. The zero-order valence-electron chi connectivity index (χ0n) is 13.7. The Bertz CT molecular complexity index is 918. The van der Waals surface area contributed by atoms with Gasteiger partial charge in [-0.05, 0) is 49.8 Å². The number of rotatable bonds is 4. The van der Waals surface area contributed by atoms with Gasteiger partial charge in [0.25, 0.3) is 0 Å². The molecule has 2 aromatic carbocycles. The van der Waals surface area contributed by atoms with Gasteiger partial charge >= 0.3 is 0 Å². The average molecular weight is 354 g/mol.